The van der Waals surface area contributed by atoms with Crippen molar-refractivity contribution in [3.05, 3.63) is 0 Å². The van der Waals surface area contributed by atoms with Crippen molar-refractivity contribution >= 4 is 0 Å². The van der Waals surface area contributed by atoms with Crippen molar-refractivity contribution in [2.24, 2.45) is 5.92 Å². The molecule has 2 heterocycles. The van der Waals surface area contributed by atoms with E-state index in [9.17, 15) is 0 Å². The average Bonchev–Trinajstić information content (AvgIpc) is 2.83. The van der Waals surface area contributed by atoms with Gasteiger partial charge in [-0.25, -0.2) is 0 Å². The minimum atomic E-state index is 0.570. The molecule has 0 aromatic heterocycles. The van der Waals surface area contributed by atoms with Gasteiger partial charge in [0.1, 0.15) is 0 Å². The van der Waals surface area contributed by atoms with E-state index < -0.39 is 0 Å². The van der Waals surface area contributed by atoms with Crippen LogP contribution in [0.25, 0.3) is 0 Å². The summed E-state index contributed by atoms with van der Waals surface area (Å²) in [5.41, 5.74) is 0. The summed E-state index contributed by atoms with van der Waals surface area (Å²) in [4.78, 5) is 2.66. The zero-order valence-electron chi connectivity index (χ0n) is 9.61. The van der Waals surface area contributed by atoms with Gasteiger partial charge < -0.3 is 10.1 Å². The minimum Gasteiger partial charge on any atom is -0.376 e. The first kappa shape index (κ1) is 10.1. The Hall–Kier alpha value is -0.120. The highest BCUT2D eigenvalue weighted by molar-refractivity contribution is 4.97. The maximum Gasteiger partial charge on any atom is 0.0759 e. The van der Waals surface area contributed by atoms with E-state index in [2.05, 4.69) is 17.3 Å². The van der Waals surface area contributed by atoms with E-state index >= 15 is 0 Å². The van der Waals surface area contributed by atoms with Crippen molar-refractivity contribution in [3.8, 4) is 0 Å². The molecule has 3 heteroatoms. The Bertz CT molecular complexity index is 230. The first-order valence-electron chi connectivity index (χ1n) is 6.41. The molecule has 2 saturated heterocycles. The zero-order valence-corrected chi connectivity index (χ0v) is 9.61. The first-order chi connectivity index (χ1) is 7.38. The van der Waals surface area contributed by atoms with Gasteiger partial charge in [-0.15, -0.1) is 0 Å². The standard InChI is InChI=1S/C12H22N2O/c1-13-10-4-6-14(8-10)11-5-7-15-12(11)9-2-3-9/h9-13H,2-8H2,1H3. The molecule has 0 aromatic carbocycles. The SMILES string of the molecule is CNC1CCN(C2CCOC2C2CC2)C1. The summed E-state index contributed by atoms with van der Waals surface area (Å²) in [5.74, 6) is 0.895. The van der Waals surface area contributed by atoms with Gasteiger partial charge in [-0.3, -0.25) is 4.90 Å². The molecule has 86 valence electrons. The predicted molar refractivity (Wildman–Crippen MR) is 59.9 cm³/mol. The summed E-state index contributed by atoms with van der Waals surface area (Å²) in [7, 11) is 2.08. The Kier molecular flexibility index (Phi) is 2.71. The van der Waals surface area contributed by atoms with E-state index in [1.54, 1.807) is 0 Å². The molecule has 0 radical (unpaired) electrons. The lowest BCUT2D eigenvalue weighted by molar-refractivity contribution is 0.0525. The Morgan fingerprint density at radius 2 is 2.07 bits per heavy atom. The monoisotopic (exact) mass is 210 g/mol. The van der Waals surface area contributed by atoms with Crippen LogP contribution < -0.4 is 5.32 Å². The third-order valence-electron chi connectivity index (χ3n) is 4.29. The molecular weight excluding hydrogens is 188 g/mol. The molecule has 15 heavy (non-hydrogen) atoms. The molecule has 1 aliphatic carbocycles. The van der Waals surface area contributed by atoms with E-state index in [4.69, 9.17) is 4.74 Å². The summed E-state index contributed by atoms with van der Waals surface area (Å²) in [6, 6.07) is 1.45. The maximum absolute atomic E-state index is 5.91. The Balaban J connectivity index is 1.61. The fourth-order valence-corrected chi connectivity index (χ4v) is 3.19. The summed E-state index contributed by atoms with van der Waals surface area (Å²) < 4.78 is 5.91. The van der Waals surface area contributed by atoms with E-state index in [-0.39, 0.29) is 0 Å². The first-order valence-corrected chi connectivity index (χ1v) is 6.41. The van der Waals surface area contributed by atoms with Gasteiger partial charge in [0, 0.05) is 31.8 Å². The lowest BCUT2D eigenvalue weighted by Crippen LogP contribution is -2.42. The molecule has 0 amide bonds. The van der Waals surface area contributed by atoms with Crippen LogP contribution in [0, 0.1) is 5.92 Å². The van der Waals surface area contributed by atoms with E-state index in [1.165, 1.54) is 38.8 Å². The molecule has 0 aromatic rings. The van der Waals surface area contributed by atoms with Gasteiger partial charge in [-0.1, -0.05) is 0 Å². The molecule has 3 rings (SSSR count). The molecule has 3 atom stereocenters. The number of rotatable bonds is 3. The fraction of sp³-hybridized carbons (Fsp3) is 1.00. The molecule has 3 aliphatic rings. The Labute approximate surface area is 92.2 Å². The third kappa shape index (κ3) is 1.93. The maximum atomic E-state index is 5.91. The van der Waals surface area contributed by atoms with Gasteiger partial charge in [-0.05, 0) is 38.6 Å². The van der Waals surface area contributed by atoms with Gasteiger partial charge >= 0.3 is 0 Å². The van der Waals surface area contributed by atoms with Crippen LogP contribution in [0.4, 0.5) is 0 Å². The van der Waals surface area contributed by atoms with Gasteiger partial charge in [0.2, 0.25) is 0 Å². The zero-order chi connectivity index (χ0) is 10.3. The summed E-state index contributed by atoms with van der Waals surface area (Å²) in [6.07, 6.45) is 5.96. The molecule has 1 saturated carbocycles. The van der Waals surface area contributed by atoms with Crippen LogP contribution >= 0.6 is 0 Å². The van der Waals surface area contributed by atoms with Crippen molar-refractivity contribution in [1.82, 2.24) is 10.2 Å². The highest BCUT2D eigenvalue weighted by Gasteiger charge is 2.44. The van der Waals surface area contributed by atoms with Crippen molar-refractivity contribution < 1.29 is 4.74 Å². The highest BCUT2D eigenvalue weighted by Crippen LogP contribution is 2.40. The number of ether oxygens (including phenoxy) is 1. The largest absolute Gasteiger partial charge is 0.376 e. The molecule has 0 spiro atoms. The van der Waals surface area contributed by atoms with Crippen LogP contribution in [-0.2, 0) is 4.74 Å². The second kappa shape index (κ2) is 4.04. The van der Waals surface area contributed by atoms with Crippen LogP contribution in [0.15, 0.2) is 0 Å². The summed E-state index contributed by atoms with van der Waals surface area (Å²) in [5, 5.41) is 3.39. The van der Waals surface area contributed by atoms with Crippen LogP contribution in [0.1, 0.15) is 25.7 Å². The molecule has 2 aliphatic heterocycles. The lowest BCUT2D eigenvalue weighted by atomic mass is 10.1. The van der Waals surface area contributed by atoms with Gasteiger partial charge in [0.25, 0.3) is 0 Å². The predicted octanol–water partition coefficient (Wildman–Crippen LogP) is 0.848. The molecule has 0 bridgehead atoms. The molecule has 3 nitrogen and oxygen atoms in total. The Morgan fingerprint density at radius 1 is 1.20 bits per heavy atom. The van der Waals surface area contributed by atoms with E-state index in [0.717, 1.165) is 18.6 Å². The van der Waals surface area contributed by atoms with Gasteiger partial charge in [0.15, 0.2) is 0 Å². The number of nitrogens with zero attached hydrogens (tertiary/aromatic N) is 1. The quantitative estimate of drug-likeness (QED) is 0.747. The molecule has 1 N–H and O–H groups in total. The van der Waals surface area contributed by atoms with Crippen LogP contribution in [0.3, 0.4) is 0 Å². The van der Waals surface area contributed by atoms with Crippen molar-refractivity contribution in [2.75, 3.05) is 26.7 Å². The number of hydrogen-bond acceptors (Lipinski definition) is 3. The minimum absolute atomic E-state index is 0.570. The normalized spacial score (nSPS) is 42.6. The third-order valence-corrected chi connectivity index (χ3v) is 4.29. The van der Waals surface area contributed by atoms with Gasteiger partial charge in [0.05, 0.1) is 6.10 Å². The second-order valence-electron chi connectivity index (χ2n) is 5.30. The number of likely N-dealkylation sites (tertiary alicyclic amines) is 1. The lowest BCUT2D eigenvalue weighted by Gasteiger charge is -2.28. The van der Waals surface area contributed by atoms with Gasteiger partial charge in [-0.2, -0.15) is 0 Å². The second-order valence-corrected chi connectivity index (χ2v) is 5.30. The highest BCUT2D eigenvalue weighted by atomic mass is 16.5. The number of nitrogens with one attached hydrogen (secondary N) is 1. The molecule has 3 fully saturated rings. The topological polar surface area (TPSA) is 24.5 Å². The van der Waals surface area contributed by atoms with Crippen LogP contribution in [0.2, 0.25) is 0 Å². The summed E-state index contributed by atoms with van der Waals surface area (Å²) >= 11 is 0. The molecule has 3 unspecified atom stereocenters. The van der Waals surface area contributed by atoms with Crippen molar-refractivity contribution in [2.45, 2.75) is 43.9 Å². The summed E-state index contributed by atoms with van der Waals surface area (Å²) in [6.45, 7) is 3.49. The average molecular weight is 210 g/mol. The van der Waals surface area contributed by atoms with E-state index in [1.807, 2.05) is 0 Å². The smallest absolute Gasteiger partial charge is 0.0759 e. The van der Waals surface area contributed by atoms with E-state index in [0.29, 0.717) is 12.1 Å². The number of likely N-dealkylation sites (N-methyl/N-ethyl adjacent to an activating group) is 1. The van der Waals surface area contributed by atoms with Crippen molar-refractivity contribution in [3.63, 3.8) is 0 Å². The number of hydrogen-bond donors (Lipinski definition) is 1. The molecular formula is C12H22N2O. The Morgan fingerprint density at radius 3 is 2.73 bits per heavy atom. The van der Waals surface area contributed by atoms with Crippen LogP contribution in [-0.4, -0.2) is 49.8 Å². The van der Waals surface area contributed by atoms with Crippen molar-refractivity contribution in [1.29, 1.82) is 0 Å². The fourth-order valence-electron chi connectivity index (χ4n) is 3.19. The van der Waals surface area contributed by atoms with Crippen LogP contribution in [0.5, 0.6) is 0 Å².